The summed E-state index contributed by atoms with van der Waals surface area (Å²) < 4.78 is 0. The van der Waals surface area contributed by atoms with E-state index < -0.39 is 0 Å². The van der Waals surface area contributed by atoms with Crippen molar-refractivity contribution in [1.82, 2.24) is 5.32 Å². The molecule has 0 aromatic heterocycles. The van der Waals surface area contributed by atoms with Crippen LogP contribution in [-0.4, -0.2) is 18.5 Å². The number of nitrogens with one attached hydrogen (secondary N) is 1. The summed E-state index contributed by atoms with van der Waals surface area (Å²) in [7, 11) is 0. The Hall–Kier alpha value is -1.08. The van der Waals surface area contributed by atoms with Gasteiger partial charge in [0.25, 0.3) is 0 Å². The van der Waals surface area contributed by atoms with Crippen LogP contribution >= 0.6 is 0 Å². The van der Waals surface area contributed by atoms with Crippen LogP contribution in [0.15, 0.2) is 0 Å². The van der Waals surface area contributed by atoms with Gasteiger partial charge in [0.15, 0.2) is 0 Å². The molecule has 1 aliphatic carbocycles. The van der Waals surface area contributed by atoms with Gasteiger partial charge in [-0.05, 0) is 25.2 Å². The van der Waals surface area contributed by atoms with E-state index in [0.29, 0.717) is 12.8 Å². The Labute approximate surface area is 84.5 Å². The Balaban J connectivity index is 2.20. The van der Waals surface area contributed by atoms with E-state index in [-0.39, 0.29) is 17.4 Å². The predicted octanol–water partition coefficient (Wildman–Crippen LogP) is 0.534. The molecule has 78 valence electrons. The number of hydrogen-bond donors (Lipinski definition) is 2. The molecular weight excluding hydrogens is 178 g/mol. The van der Waals surface area contributed by atoms with Crippen molar-refractivity contribution in [3.05, 3.63) is 0 Å². The van der Waals surface area contributed by atoms with Gasteiger partial charge in [-0.1, -0.05) is 0 Å². The Morgan fingerprint density at radius 2 is 2.36 bits per heavy atom. The highest BCUT2D eigenvalue weighted by molar-refractivity contribution is 5.74. The van der Waals surface area contributed by atoms with E-state index in [1.165, 1.54) is 0 Å². The van der Waals surface area contributed by atoms with Crippen molar-refractivity contribution in [2.45, 2.75) is 38.6 Å². The first-order valence-corrected chi connectivity index (χ1v) is 4.97. The van der Waals surface area contributed by atoms with Crippen molar-refractivity contribution >= 4 is 5.91 Å². The second-order valence-electron chi connectivity index (χ2n) is 4.29. The van der Waals surface area contributed by atoms with E-state index in [9.17, 15) is 4.79 Å². The summed E-state index contributed by atoms with van der Waals surface area (Å²) in [5.74, 6) is -0.282. The number of nitriles is 1. The monoisotopic (exact) mass is 195 g/mol. The maximum atomic E-state index is 10.6. The molecule has 1 atom stereocenters. The number of carbonyl (C=O) groups excluding carboxylic acids is 1. The predicted molar refractivity (Wildman–Crippen MR) is 53.2 cm³/mol. The molecule has 0 aromatic rings. The van der Waals surface area contributed by atoms with Crippen molar-refractivity contribution in [1.29, 1.82) is 5.26 Å². The normalized spacial score (nSPS) is 19.7. The topological polar surface area (TPSA) is 78.9 Å². The zero-order valence-electron chi connectivity index (χ0n) is 8.55. The molecule has 0 spiro atoms. The molecule has 4 heteroatoms. The molecule has 0 heterocycles. The molecule has 4 nitrogen and oxygen atoms in total. The Morgan fingerprint density at radius 3 is 2.79 bits per heavy atom. The fourth-order valence-corrected chi connectivity index (χ4v) is 1.53. The Morgan fingerprint density at radius 1 is 1.71 bits per heavy atom. The molecular formula is C10H17N3O. The minimum Gasteiger partial charge on any atom is -0.370 e. The molecule has 1 saturated carbocycles. The van der Waals surface area contributed by atoms with Crippen LogP contribution in [0.3, 0.4) is 0 Å². The van der Waals surface area contributed by atoms with Crippen LogP contribution in [0.5, 0.6) is 0 Å². The molecule has 0 saturated heterocycles. The number of nitrogens with zero attached hydrogens (tertiary/aromatic N) is 1. The zero-order chi connectivity index (χ0) is 10.6. The van der Waals surface area contributed by atoms with Gasteiger partial charge in [0.1, 0.15) is 0 Å². The highest BCUT2D eigenvalue weighted by Gasteiger charge is 2.42. The quantitative estimate of drug-likeness (QED) is 0.649. The first kappa shape index (κ1) is 11.0. The van der Waals surface area contributed by atoms with Crippen LogP contribution in [-0.2, 0) is 4.79 Å². The van der Waals surface area contributed by atoms with E-state index in [0.717, 1.165) is 19.4 Å². The van der Waals surface area contributed by atoms with Gasteiger partial charge in [0.05, 0.1) is 6.07 Å². The lowest BCUT2D eigenvalue weighted by atomic mass is 10.0. The molecule has 0 aromatic carbocycles. The zero-order valence-corrected chi connectivity index (χ0v) is 8.55. The second-order valence-corrected chi connectivity index (χ2v) is 4.29. The highest BCUT2D eigenvalue weighted by Crippen LogP contribution is 2.47. The standard InChI is InChI=1S/C10H17N3O/c1-8(6-9(12)14)13-7-10(2-3-10)4-5-11/h8,13H,2-4,6-7H2,1H3,(H2,12,14). The van der Waals surface area contributed by atoms with Gasteiger partial charge in [-0.15, -0.1) is 0 Å². The van der Waals surface area contributed by atoms with Gasteiger partial charge in [0, 0.05) is 25.4 Å². The van der Waals surface area contributed by atoms with Crippen LogP contribution in [0.25, 0.3) is 0 Å². The lowest BCUT2D eigenvalue weighted by Gasteiger charge is -2.16. The van der Waals surface area contributed by atoms with E-state index in [2.05, 4.69) is 11.4 Å². The highest BCUT2D eigenvalue weighted by atomic mass is 16.1. The molecule has 1 unspecified atom stereocenters. The summed E-state index contributed by atoms with van der Waals surface area (Å²) in [5, 5.41) is 11.9. The Kier molecular flexibility index (Phi) is 3.48. The van der Waals surface area contributed by atoms with E-state index in [1.54, 1.807) is 0 Å². The number of carbonyl (C=O) groups is 1. The Bertz CT molecular complexity index is 253. The molecule has 14 heavy (non-hydrogen) atoms. The van der Waals surface area contributed by atoms with E-state index in [4.69, 9.17) is 11.0 Å². The van der Waals surface area contributed by atoms with Crippen LogP contribution in [0.4, 0.5) is 0 Å². The van der Waals surface area contributed by atoms with Gasteiger partial charge in [0.2, 0.25) is 5.91 Å². The number of primary amides is 1. The summed E-state index contributed by atoms with van der Waals surface area (Å²) in [4.78, 5) is 10.6. The third-order valence-corrected chi connectivity index (χ3v) is 2.74. The van der Waals surface area contributed by atoms with Gasteiger partial charge >= 0.3 is 0 Å². The van der Waals surface area contributed by atoms with Gasteiger partial charge in [-0.2, -0.15) is 5.26 Å². The molecule has 1 rings (SSSR count). The largest absolute Gasteiger partial charge is 0.370 e. The van der Waals surface area contributed by atoms with Crippen LogP contribution in [0.1, 0.15) is 32.6 Å². The van der Waals surface area contributed by atoms with Crippen molar-refractivity contribution in [2.24, 2.45) is 11.1 Å². The van der Waals surface area contributed by atoms with Crippen molar-refractivity contribution < 1.29 is 4.79 Å². The molecule has 1 amide bonds. The van der Waals surface area contributed by atoms with Crippen LogP contribution < -0.4 is 11.1 Å². The maximum Gasteiger partial charge on any atom is 0.218 e. The molecule has 1 fully saturated rings. The molecule has 0 aliphatic heterocycles. The summed E-state index contributed by atoms with van der Waals surface area (Å²) in [6.07, 6.45) is 3.22. The van der Waals surface area contributed by atoms with Crippen molar-refractivity contribution in [3.8, 4) is 6.07 Å². The van der Waals surface area contributed by atoms with Gasteiger partial charge in [-0.25, -0.2) is 0 Å². The average molecular weight is 195 g/mol. The SMILES string of the molecule is CC(CC(N)=O)NCC1(CC#N)CC1. The molecule has 1 aliphatic rings. The minimum atomic E-state index is -0.282. The van der Waals surface area contributed by atoms with Gasteiger partial charge in [-0.3, -0.25) is 4.79 Å². The lowest BCUT2D eigenvalue weighted by Crippen LogP contribution is -2.35. The summed E-state index contributed by atoms with van der Waals surface area (Å²) in [5.41, 5.74) is 5.27. The van der Waals surface area contributed by atoms with Crippen molar-refractivity contribution in [3.63, 3.8) is 0 Å². The lowest BCUT2D eigenvalue weighted by molar-refractivity contribution is -0.118. The first-order valence-electron chi connectivity index (χ1n) is 4.97. The minimum absolute atomic E-state index is 0.115. The second kappa shape index (κ2) is 4.43. The number of amides is 1. The van der Waals surface area contributed by atoms with E-state index >= 15 is 0 Å². The molecule has 0 bridgehead atoms. The number of hydrogen-bond acceptors (Lipinski definition) is 3. The maximum absolute atomic E-state index is 10.6. The third-order valence-electron chi connectivity index (χ3n) is 2.74. The molecule has 3 N–H and O–H groups in total. The van der Waals surface area contributed by atoms with Crippen LogP contribution in [0, 0.1) is 16.7 Å². The van der Waals surface area contributed by atoms with Crippen LogP contribution in [0.2, 0.25) is 0 Å². The number of rotatable bonds is 6. The smallest absolute Gasteiger partial charge is 0.218 e. The van der Waals surface area contributed by atoms with E-state index in [1.807, 2.05) is 6.92 Å². The fraction of sp³-hybridized carbons (Fsp3) is 0.800. The fourth-order valence-electron chi connectivity index (χ4n) is 1.53. The average Bonchev–Trinajstić information content (AvgIpc) is 2.82. The first-order chi connectivity index (χ1) is 6.58. The summed E-state index contributed by atoms with van der Waals surface area (Å²) >= 11 is 0. The van der Waals surface area contributed by atoms with Crippen molar-refractivity contribution in [2.75, 3.05) is 6.54 Å². The number of nitrogens with two attached hydrogens (primary N) is 1. The third kappa shape index (κ3) is 3.35. The molecule has 0 radical (unpaired) electrons. The summed E-state index contributed by atoms with van der Waals surface area (Å²) in [6, 6.07) is 2.32. The summed E-state index contributed by atoms with van der Waals surface area (Å²) in [6.45, 7) is 2.77. The van der Waals surface area contributed by atoms with Gasteiger partial charge < -0.3 is 11.1 Å².